The Balaban J connectivity index is 2.28. The van der Waals surface area contributed by atoms with Crippen LogP contribution in [0.1, 0.15) is 25.7 Å². The van der Waals surface area contributed by atoms with E-state index in [1.54, 1.807) is 0 Å². The molecule has 1 rings (SSSR count). The highest BCUT2D eigenvalue weighted by Gasteiger charge is 2.20. The minimum Gasteiger partial charge on any atom is -0.320 e. The first-order chi connectivity index (χ1) is 6.38. The van der Waals surface area contributed by atoms with E-state index in [2.05, 4.69) is 10.2 Å². The molecule has 78 valence electrons. The molecule has 1 aliphatic rings. The lowest BCUT2D eigenvalue weighted by atomic mass is 9.99. The molecule has 0 saturated carbocycles. The summed E-state index contributed by atoms with van der Waals surface area (Å²) >= 11 is 0. The molecular weight excluding hydrogens is 167 g/mol. The highest BCUT2D eigenvalue weighted by molar-refractivity contribution is 4.77. The zero-order valence-corrected chi connectivity index (χ0v) is 8.56. The molecular formula is C10H21FN2. The monoisotopic (exact) mass is 188 g/mol. The third kappa shape index (κ3) is 3.61. The first-order valence-electron chi connectivity index (χ1n) is 5.33. The van der Waals surface area contributed by atoms with Gasteiger partial charge in [0.15, 0.2) is 0 Å². The second-order valence-electron chi connectivity index (χ2n) is 3.77. The van der Waals surface area contributed by atoms with Crippen molar-refractivity contribution >= 4 is 0 Å². The Kier molecular flexibility index (Phi) is 5.32. The smallest absolute Gasteiger partial charge is 0.102 e. The van der Waals surface area contributed by atoms with Crippen LogP contribution >= 0.6 is 0 Å². The summed E-state index contributed by atoms with van der Waals surface area (Å²) in [4.78, 5) is 2.31. The molecule has 1 aliphatic heterocycles. The summed E-state index contributed by atoms with van der Waals surface area (Å²) in [6.45, 7) is 2.58. The Hall–Kier alpha value is -0.150. The fraction of sp³-hybridized carbons (Fsp3) is 1.00. The predicted molar refractivity (Wildman–Crippen MR) is 53.7 cm³/mol. The average molecular weight is 188 g/mol. The number of nitrogens with zero attached hydrogens (tertiary/aromatic N) is 1. The highest BCUT2D eigenvalue weighted by Crippen LogP contribution is 2.18. The SMILES string of the molecule is CNCCC1CCCCN1CCF. The molecule has 13 heavy (non-hydrogen) atoms. The minimum absolute atomic E-state index is 0.198. The molecule has 0 aromatic carbocycles. The van der Waals surface area contributed by atoms with Gasteiger partial charge in [0.2, 0.25) is 0 Å². The number of piperidine rings is 1. The normalized spacial score (nSPS) is 24.9. The molecule has 1 unspecified atom stereocenters. The van der Waals surface area contributed by atoms with Gasteiger partial charge in [-0.05, 0) is 39.4 Å². The van der Waals surface area contributed by atoms with E-state index in [-0.39, 0.29) is 6.67 Å². The summed E-state index contributed by atoms with van der Waals surface area (Å²) in [5, 5.41) is 3.16. The number of hydrogen-bond donors (Lipinski definition) is 1. The maximum atomic E-state index is 12.2. The number of alkyl halides is 1. The van der Waals surface area contributed by atoms with Gasteiger partial charge in [-0.25, -0.2) is 4.39 Å². The van der Waals surface area contributed by atoms with Gasteiger partial charge in [-0.1, -0.05) is 6.42 Å². The molecule has 0 aromatic rings. The third-order valence-electron chi connectivity index (χ3n) is 2.85. The van der Waals surface area contributed by atoms with Crippen LogP contribution in [0, 0.1) is 0 Å². The molecule has 1 atom stereocenters. The van der Waals surface area contributed by atoms with Crippen LogP contribution in [0.15, 0.2) is 0 Å². The van der Waals surface area contributed by atoms with Crippen LogP contribution in [-0.2, 0) is 0 Å². The van der Waals surface area contributed by atoms with E-state index in [0.29, 0.717) is 12.6 Å². The quantitative estimate of drug-likeness (QED) is 0.702. The summed E-state index contributed by atoms with van der Waals surface area (Å²) in [6.07, 6.45) is 4.98. The van der Waals surface area contributed by atoms with Gasteiger partial charge in [-0.3, -0.25) is 4.90 Å². The summed E-state index contributed by atoms with van der Waals surface area (Å²) in [7, 11) is 1.97. The topological polar surface area (TPSA) is 15.3 Å². The van der Waals surface area contributed by atoms with E-state index in [1.807, 2.05) is 7.05 Å². The van der Waals surface area contributed by atoms with E-state index in [4.69, 9.17) is 0 Å². The average Bonchev–Trinajstić information content (AvgIpc) is 2.17. The molecule has 0 aliphatic carbocycles. The molecule has 0 bridgehead atoms. The third-order valence-corrected chi connectivity index (χ3v) is 2.85. The molecule has 3 heteroatoms. The minimum atomic E-state index is -0.198. The van der Waals surface area contributed by atoms with Crippen molar-refractivity contribution in [1.82, 2.24) is 10.2 Å². The van der Waals surface area contributed by atoms with E-state index >= 15 is 0 Å². The second kappa shape index (κ2) is 6.33. The lowest BCUT2D eigenvalue weighted by Gasteiger charge is -2.35. The summed E-state index contributed by atoms with van der Waals surface area (Å²) in [6, 6.07) is 0.622. The first-order valence-corrected chi connectivity index (χ1v) is 5.33. The van der Waals surface area contributed by atoms with Gasteiger partial charge >= 0.3 is 0 Å². The van der Waals surface area contributed by atoms with Gasteiger partial charge in [0.05, 0.1) is 0 Å². The highest BCUT2D eigenvalue weighted by atomic mass is 19.1. The summed E-state index contributed by atoms with van der Waals surface area (Å²) in [5.74, 6) is 0. The molecule has 2 nitrogen and oxygen atoms in total. The van der Waals surface area contributed by atoms with Crippen molar-refractivity contribution < 1.29 is 4.39 Å². The van der Waals surface area contributed by atoms with Crippen molar-refractivity contribution in [3.05, 3.63) is 0 Å². The maximum Gasteiger partial charge on any atom is 0.102 e. The molecule has 0 spiro atoms. The van der Waals surface area contributed by atoms with Gasteiger partial charge in [-0.15, -0.1) is 0 Å². The van der Waals surface area contributed by atoms with Crippen LogP contribution in [0.25, 0.3) is 0 Å². The van der Waals surface area contributed by atoms with Crippen molar-refractivity contribution in [2.45, 2.75) is 31.7 Å². The van der Waals surface area contributed by atoms with E-state index in [1.165, 1.54) is 19.3 Å². The first kappa shape index (κ1) is 10.9. The maximum absolute atomic E-state index is 12.2. The van der Waals surface area contributed by atoms with Crippen molar-refractivity contribution in [1.29, 1.82) is 0 Å². The van der Waals surface area contributed by atoms with Gasteiger partial charge in [0, 0.05) is 12.6 Å². The molecule has 1 N–H and O–H groups in total. The number of likely N-dealkylation sites (tertiary alicyclic amines) is 1. The van der Waals surface area contributed by atoms with Crippen LogP contribution < -0.4 is 5.32 Å². The molecule has 0 amide bonds. The Morgan fingerprint density at radius 3 is 3.00 bits per heavy atom. The van der Waals surface area contributed by atoms with Gasteiger partial charge in [-0.2, -0.15) is 0 Å². The van der Waals surface area contributed by atoms with Crippen LogP contribution in [0.2, 0.25) is 0 Å². The molecule has 1 heterocycles. The van der Waals surface area contributed by atoms with Crippen molar-refractivity contribution in [3.63, 3.8) is 0 Å². The molecule has 1 fully saturated rings. The van der Waals surface area contributed by atoms with Crippen LogP contribution in [0.3, 0.4) is 0 Å². The van der Waals surface area contributed by atoms with Crippen LogP contribution in [0.4, 0.5) is 4.39 Å². The summed E-state index contributed by atoms with van der Waals surface area (Å²) in [5.41, 5.74) is 0. The van der Waals surface area contributed by atoms with E-state index in [9.17, 15) is 4.39 Å². The molecule has 1 saturated heterocycles. The summed E-state index contributed by atoms with van der Waals surface area (Å²) < 4.78 is 12.2. The van der Waals surface area contributed by atoms with Gasteiger partial charge < -0.3 is 5.32 Å². The van der Waals surface area contributed by atoms with Gasteiger partial charge in [0.1, 0.15) is 6.67 Å². The number of hydrogen-bond acceptors (Lipinski definition) is 2. The Bertz CT molecular complexity index is 128. The lowest BCUT2D eigenvalue weighted by Crippen LogP contribution is -2.41. The molecule has 0 radical (unpaired) electrons. The Morgan fingerprint density at radius 2 is 2.31 bits per heavy atom. The Morgan fingerprint density at radius 1 is 1.46 bits per heavy atom. The van der Waals surface area contributed by atoms with Crippen molar-refractivity contribution in [2.24, 2.45) is 0 Å². The second-order valence-corrected chi connectivity index (χ2v) is 3.77. The largest absolute Gasteiger partial charge is 0.320 e. The van der Waals surface area contributed by atoms with Crippen LogP contribution in [-0.4, -0.2) is 44.3 Å². The van der Waals surface area contributed by atoms with Gasteiger partial charge in [0.25, 0.3) is 0 Å². The number of nitrogens with one attached hydrogen (secondary N) is 1. The fourth-order valence-corrected chi connectivity index (χ4v) is 2.10. The predicted octanol–water partition coefficient (Wildman–Crippen LogP) is 1.42. The standard InChI is InChI=1S/C10H21FN2/c1-12-7-5-10-4-2-3-8-13(10)9-6-11/h10,12H,2-9H2,1H3. The lowest BCUT2D eigenvalue weighted by molar-refractivity contribution is 0.131. The van der Waals surface area contributed by atoms with Crippen LogP contribution in [0.5, 0.6) is 0 Å². The number of halogens is 1. The zero-order valence-electron chi connectivity index (χ0n) is 8.56. The van der Waals surface area contributed by atoms with E-state index < -0.39 is 0 Å². The zero-order chi connectivity index (χ0) is 9.52. The van der Waals surface area contributed by atoms with Crippen molar-refractivity contribution in [2.75, 3.05) is 33.4 Å². The fourth-order valence-electron chi connectivity index (χ4n) is 2.10. The van der Waals surface area contributed by atoms with E-state index in [0.717, 1.165) is 19.5 Å². The van der Waals surface area contributed by atoms with Crippen molar-refractivity contribution in [3.8, 4) is 0 Å². The Labute approximate surface area is 80.5 Å². The number of rotatable bonds is 5. The molecule has 0 aromatic heterocycles.